The minimum absolute atomic E-state index is 0.0454. The van der Waals surface area contributed by atoms with Gasteiger partial charge in [-0.25, -0.2) is 0 Å². The topological polar surface area (TPSA) is 98.3 Å². The Labute approximate surface area is 129 Å². The van der Waals surface area contributed by atoms with Gasteiger partial charge in [0.1, 0.15) is 11.3 Å². The number of aryl methyl sites for hydroxylation is 1. The molecule has 0 radical (unpaired) electrons. The summed E-state index contributed by atoms with van der Waals surface area (Å²) < 4.78 is 0.727. The first kappa shape index (κ1) is 15.0. The lowest BCUT2D eigenvalue weighted by Gasteiger charge is -2.10. The number of nitro benzene ring substituents is 1. The number of nitrogens with one attached hydrogen (secondary N) is 1. The lowest BCUT2D eigenvalue weighted by atomic mass is 10.1. The van der Waals surface area contributed by atoms with Crippen LogP contribution in [0.4, 0.5) is 17.1 Å². The average Bonchev–Trinajstić information content (AvgIpc) is 2.43. The number of nitrogens with zero attached hydrogens (tertiary/aromatic N) is 1. The Morgan fingerprint density at radius 1 is 1.29 bits per heavy atom. The van der Waals surface area contributed by atoms with Crippen LogP contribution in [0.2, 0.25) is 0 Å². The largest absolute Gasteiger partial charge is 0.393 e. The number of nitro groups is 1. The van der Waals surface area contributed by atoms with Crippen LogP contribution >= 0.6 is 15.9 Å². The SMILES string of the molecule is Cc1cccc(NC(=O)c2cccc(N)c2[N+](=O)[O-])c1Br. The zero-order chi connectivity index (χ0) is 15.6. The maximum Gasteiger partial charge on any atom is 0.304 e. The summed E-state index contributed by atoms with van der Waals surface area (Å²) in [6, 6.07) is 9.62. The van der Waals surface area contributed by atoms with E-state index in [9.17, 15) is 14.9 Å². The van der Waals surface area contributed by atoms with Gasteiger partial charge < -0.3 is 11.1 Å². The van der Waals surface area contributed by atoms with E-state index in [4.69, 9.17) is 5.73 Å². The van der Waals surface area contributed by atoms with Gasteiger partial charge in [0.05, 0.1) is 10.6 Å². The molecule has 0 aliphatic heterocycles. The van der Waals surface area contributed by atoms with E-state index in [0.29, 0.717) is 5.69 Å². The fourth-order valence-corrected chi connectivity index (χ4v) is 2.25. The fraction of sp³-hybridized carbons (Fsp3) is 0.0714. The first-order valence-corrected chi connectivity index (χ1v) is 6.80. The predicted octanol–water partition coefficient (Wildman–Crippen LogP) is 3.50. The molecule has 21 heavy (non-hydrogen) atoms. The summed E-state index contributed by atoms with van der Waals surface area (Å²) in [6.45, 7) is 1.88. The normalized spacial score (nSPS) is 10.2. The van der Waals surface area contributed by atoms with Crippen LogP contribution in [-0.2, 0) is 0 Å². The van der Waals surface area contributed by atoms with Gasteiger partial charge in [0.15, 0.2) is 0 Å². The second-order valence-corrected chi connectivity index (χ2v) is 5.18. The van der Waals surface area contributed by atoms with Crippen LogP contribution in [0.15, 0.2) is 40.9 Å². The van der Waals surface area contributed by atoms with Crippen LogP contribution in [0.25, 0.3) is 0 Å². The Kier molecular flexibility index (Phi) is 4.23. The third-order valence-corrected chi connectivity index (χ3v) is 3.99. The molecule has 1 amide bonds. The van der Waals surface area contributed by atoms with Crippen molar-refractivity contribution in [1.29, 1.82) is 0 Å². The molecule has 0 fully saturated rings. The number of carbonyl (C=O) groups is 1. The van der Waals surface area contributed by atoms with Gasteiger partial charge in [-0.3, -0.25) is 14.9 Å². The quantitative estimate of drug-likeness (QED) is 0.503. The maximum atomic E-state index is 12.3. The van der Waals surface area contributed by atoms with Crippen molar-refractivity contribution in [1.82, 2.24) is 0 Å². The highest BCUT2D eigenvalue weighted by atomic mass is 79.9. The van der Waals surface area contributed by atoms with Crippen molar-refractivity contribution in [2.45, 2.75) is 6.92 Å². The summed E-state index contributed by atoms with van der Waals surface area (Å²) in [6.07, 6.45) is 0. The molecular weight excluding hydrogens is 338 g/mol. The van der Waals surface area contributed by atoms with Crippen molar-refractivity contribution in [3.8, 4) is 0 Å². The van der Waals surface area contributed by atoms with Crippen molar-refractivity contribution >= 4 is 38.9 Å². The van der Waals surface area contributed by atoms with E-state index in [1.54, 1.807) is 12.1 Å². The van der Waals surface area contributed by atoms with Crippen LogP contribution in [-0.4, -0.2) is 10.8 Å². The second-order valence-electron chi connectivity index (χ2n) is 4.39. The van der Waals surface area contributed by atoms with Crippen molar-refractivity contribution in [3.63, 3.8) is 0 Å². The van der Waals surface area contributed by atoms with Gasteiger partial charge in [0.2, 0.25) is 0 Å². The molecule has 0 aromatic heterocycles. The van der Waals surface area contributed by atoms with Crippen LogP contribution in [0.1, 0.15) is 15.9 Å². The van der Waals surface area contributed by atoms with E-state index in [1.165, 1.54) is 18.2 Å². The number of nitrogen functional groups attached to an aromatic ring is 1. The Morgan fingerprint density at radius 3 is 2.62 bits per heavy atom. The first-order valence-electron chi connectivity index (χ1n) is 6.01. The summed E-state index contributed by atoms with van der Waals surface area (Å²) in [4.78, 5) is 22.7. The van der Waals surface area contributed by atoms with Gasteiger partial charge >= 0.3 is 5.69 Å². The highest BCUT2D eigenvalue weighted by Gasteiger charge is 2.23. The fourth-order valence-electron chi connectivity index (χ4n) is 1.88. The van der Waals surface area contributed by atoms with E-state index in [2.05, 4.69) is 21.2 Å². The lowest BCUT2D eigenvalue weighted by molar-refractivity contribution is -0.384. The number of para-hydroxylation sites is 1. The van der Waals surface area contributed by atoms with Crippen molar-refractivity contribution in [3.05, 3.63) is 62.1 Å². The average molecular weight is 350 g/mol. The minimum atomic E-state index is -0.657. The number of hydrogen-bond donors (Lipinski definition) is 2. The number of amides is 1. The molecular formula is C14H12BrN3O3. The molecule has 108 valence electrons. The Morgan fingerprint density at radius 2 is 1.95 bits per heavy atom. The summed E-state index contributed by atoms with van der Waals surface area (Å²) in [5.74, 6) is -0.583. The second kappa shape index (κ2) is 5.92. The summed E-state index contributed by atoms with van der Waals surface area (Å²) in [7, 11) is 0. The third kappa shape index (κ3) is 3.03. The summed E-state index contributed by atoms with van der Waals surface area (Å²) in [5, 5.41) is 13.7. The lowest BCUT2D eigenvalue weighted by Crippen LogP contribution is -2.15. The highest BCUT2D eigenvalue weighted by Crippen LogP contribution is 2.29. The molecule has 3 N–H and O–H groups in total. The Bertz CT molecular complexity index is 731. The molecule has 6 nitrogen and oxygen atoms in total. The van der Waals surface area contributed by atoms with Gasteiger partial charge in [0.25, 0.3) is 5.91 Å². The van der Waals surface area contributed by atoms with Crippen LogP contribution in [0.3, 0.4) is 0 Å². The molecule has 2 aromatic carbocycles. The Hall–Kier alpha value is -2.41. The Balaban J connectivity index is 2.40. The van der Waals surface area contributed by atoms with Gasteiger partial charge in [-0.1, -0.05) is 18.2 Å². The molecule has 0 heterocycles. The summed E-state index contributed by atoms with van der Waals surface area (Å²) in [5.41, 5.74) is 6.54. The van der Waals surface area contributed by atoms with E-state index in [1.807, 2.05) is 13.0 Å². The molecule has 0 atom stereocenters. The van der Waals surface area contributed by atoms with Gasteiger partial charge in [-0.05, 0) is 46.6 Å². The molecule has 0 bridgehead atoms. The van der Waals surface area contributed by atoms with Crippen LogP contribution in [0, 0.1) is 17.0 Å². The number of halogens is 1. The predicted molar refractivity (Wildman–Crippen MR) is 84.3 cm³/mol. The maximum absolute atomic E-state index is 12.3. The van der Waals surface area contributed by atoms with Crippen LogP contribution in [0.5, 0.6) is 0 Å². The van der Waals surface area contributed by atoms with Crippen molar-refractivity contribution in [2.24, 2.45) is 0 Å². The molecule has 0 aliphatic carbocycles. The highest BCUT2D eigenvalue weighted by molar-refractivity contribution is 9.10. The standard InChI is InChI=1S/C14H12BrN3O3/c1-8-4-2-7-11(12(8)15)17-14(19)9-5-3-6-10(16)13(9)18(20)21/h2-7H,16H2,1H3,(H,17,19). The molecule has 2 rings (SSSR count). The number of rotatable bonds is 3. The number of anilines is 2. The molecule has 0 unspecified atom stereocenters. The van der Waals surface area contributed by atoms with Crippen molar-refractivity contribution < 1.29 is 9.72 Å². The van der Waals surface area contributed by atoms with Gasteiger partial charge in [-0.2, -0.15) is 0 Å². The first-order chi connectivity index (χ1) is 9.91. The zero-order valence-corrected chi connectivity index (χ0v) is 12.7. The molecule has 0 saturated heterocycles. The number of benzene rings is 2. The molecule has 7 heteroatoms. The van der Waals surface area contributed by atoms with E-state index in [-0.39, 0.29) is 11.3 Å². The minimum Gasteiger partial charge on any atom is -0.393 e. The third-order valence-electron chi connectivity index (χ3n) is 2.93. The molecule has 0 spiro atoms. The van der Waals surface area contributed by atoms with E-state index < -0.39 is 16.5 Å². The number of carbonyl (C=O) groups excluding carboxylic acids is 1. The van der Waals surface area contributed by atoms with Gasteiger partial charge in [0, 0.05) is 4.47 Å². The van der Waals surface area contributed by atoms with Gasteiger partial charge in [-0.15, -0.1) is 0 Å². The molecule has 0 saturated carbocycles. The van der Waals surface area contributed by atoms with Crippen LogP contribution < -0.4 is 11.1 Å². The van der Waals surface area contributed by atoms with E-state index in [0.717, 1.165) is 10.0 Å². The molecule has 2 aromatic rings. The monoisotopic (exact) mass is 349 g/mol. The summed E-state index contributed by atoms with van der Waals surface area (Å²) >= 11 is 3.37. The number of nitrogens with two attached hydrogens (primary N) is 1. The number of hydrogen-bond acceptors (Lipinski definition) is 4. The smallest absolute Gasteiger partial charge is 0.304 e. The molecule has 0 aliphatic rings. The van der Waals surface area contributed by atoms with E-state index >= 15 is 0 Å². The zero-order valence-electron chi connectivity index (χ0n) is 11.1. The van der Waals surface area contributed by atoms with Crippen molar-refractivity contribution in [2.75, 3.05) is 11.1 Å².